The first kappa shape index (κ1) is 22.9. The van der Waals surface area contributed by atoms with Crippen LogP contribution in [-0.2, 0) is 9.53 Å². The molecule has 0 spiro atoms. The lowest BCUT2D eigenvalue weighted by molar-refractivity contribution is -0.111. The Morgan fingerprint density at radius 3 is 2.39 bits per heavy atom. The van der Waals surface area contributed by atoms with Crippen LogP contribution in [0, 0.1) is 11.3 Å². The van der Waals surface area contributed by atoms with E-state index in [4.69, 9.17) is 15.7 Å². The molecule has 0 radical (unpaired) electrons. The van der Waals surface area contributed by atoms with Crippen LogP contribution >= 0.6 is 0 Å². The fraction of sp³-hybridized carbons (Fsp3) is 0.0800. The number of ether oxygens (including phenoxy) is 1. The van der Waals surface area contributed by atoms with Crippen molar-refractivity contribution in [3.05, 3.63) is 96.1 Å². The molecule has 0 aliphatic carbocycles. The van der Waals surface area contributed by atoms with E-state index in [0.717, 1.165) is 0 Å². The number of aromatic hydroxyl groups is 1. The smallest absolute Gasteiger partial charge is 0.412 e. The van der Waals surface area contributed by atoms with Crippen LogP contribution < -0.4 is 16.4 Å². The van der Waals surface area contributed by atoms with Gasteiger partial charge in [0, 0.05) is 12.1 Å². The normalized spacial score (nSPS) is 11.4. The maximum atomic E-state index is 12.4. The number of hydrogen-bond donors (Lipinski definition) is 4. The fourth-order valence-corrected chi connectivity index (χ4v) is 2.93. The Morgan fingerprint density at radius 1 is 1.03 bits per heavy atom. The van der Waals surface area contributed by atoms with Crippen molar-refractivity contribution in [2.24, 2.45) is 0 Å². The van der Waals surface area contributed by atoms with Crippen molar-refractivity contribution in [1.29, 1.82) is 5.26 Å². The summed E-state index contributed by atoms with van der Waals surface area (Å²) in [6.45, 7) is 0. The largest absolute Gasteiger partial charge is 0.508 e. The first-order valence-corrected chi connectivity index (χ1v) is 10.0. The minimum absolute atomic E-state index is 0.0786. The van der Waals surface area contributed by atoms with E-state index < -0.39 is 12.2 Å². The lowest BCUT2D eigenvalue weighted by Crippen LogP contribution is -2.17. The van der Waals surface area contributed by atoms with Gasteiger partial charge in [0.25, 0.3) is 0 Å². The summed E-state index contributed by atoms with van der Waals surface area (Å²) in [6.07, 6.45) is 1.72. The van der Waals surface area contributed by atoms with Gasteiger partial charge in [-0.1, -0.05) is 30.3 Å². The quantitative estimate of drug-likeness (QED) is 0.309. The fourth-order valence-electron chi connectivity index (χ4n) is 2.93. The van der Waals surface area contributed by atoms with Crippen LogP contribution in [-0.4, -0.2) is 17.1 Å². The number of nitrogens with zero attached hydrogens (tertiary/aromatic N) is 1. The zero-order valence-electron chi connectivity index (χ0n) is 17.6. The predicted molar refractivity (Wildman–Crippen MR) is 125 cm³/mol. The molecule has 0 fully saturated rings. The van der Waals surface area contributed by atoms with E-state index in [2.05, 4.69) is 10.6 Å². The molecular formula is C25H22N4O4. The highest BCUT2D eigenvalue weighted by Crippen LogP contribution is 2.25. The number of para-hydroxylation sites is 2. The van der Waals surface area contributed by atoms with Crippen molar-refractivity contribution >= 4 is 29.1 Å². The Balaban J connectivity index is 1.66. The van der Waals surface area contributed by atoms with Crippen LogP contribution in [0.1, 0.15) is 23.7 Å². The number of benzene rings is 3. The number of nitrogen functional groups attached to an aromatic ring is 1. The summed E-state index contributed by atoms with van der Waals surface area (Å²) in [4.78, 5) is 24.6. The minimum atomic E-state index is -0.713. The van der Waals surface area contributed by atoms with Crippen LogP contribution in [0.2, 0.25) is 0 Å². The topological polar surface area (TPSA) is 137 Å². The van der Waals surface area contributed by atoms with Gasteiger partial charge in [0.05, 0.1) is 23.0 Å². The molecule has 3 rings (SSSR count). The lowest BCUT2D eigenvalue weighted by atomic mass is 10.1. The van der Waals surface area contributed by atoms with E-state index >= 15 is 0 Å². The molecule has 8 heteroatoms. The highest BCUT2D eigenvalue weighted by molar-refractivity contribution is 6.01. The Hall–Kier alpha value is -4.77. The highest BCUT2D eigenvalue weighted by Gasteiger charge is 2.16. The van der Waals surface area contributed by atoms with Crippen molar-refractivity contribution in [3.63, 3.8) is 0 Å². The van der Waals surface area contributed by atoms with Gasteiger partial charge in [-0.05, 0) is 60.2 Å². The molecule has 0 saturated carbocycles. The van der Waals surface area contributed by atoms with Gasteiger partial charge in [-0.15, -0.1) is 0 Å². The molecule has 0 aromatic heterocycles. The molecule has 33 heavy (non-hydrogen) atoms. The highest BCUT2D eigenvalue weighted by atomic mass is 16.6. The van der Waals surface area contributed by atoms with E-state index in [1.807, 2.05) is 6.07 Å². The van der Waals surface area contributed by atoms with E-state index in [-0.39, 0.29) is 18.1 Å². The molecule has 0 aliphatic rings. The van der Waals surface area contributed by atoms with Gasteiger partial charge >= 0.3 is 6.09 Å². The van der Waals surface area contributed by atoms with Gasteiger partial charge in [0.2, 0.25) is 5.91 Å². The number of carbonyl (C=O) groups excluding carboxylic acids is 2. The zero-order chi connectivity index (χ0) is 23.6. The summed E-state index contributed by atoms with van der Waals surface area (Å²) in [5.74, 6) is -0.297. The van der Waals surface area contributed by atoms with E-state index in [9.17, 15) is 14.7 Å². The number of phenolic OH excluding ortho intramolecular Hbond substituents is 1. The molecule has 2 amide bonds. The van der Waals surface area contributed by atoms with Crippen molar-refractivity contribution in [2.75, 3.05) is 16.4 Å². The molecule has 0 heterocycles. The van der Waals surface area contributed by atoms with Crippen LogP contribution in [0.3, 0.4) is 0 Å². The first-order valence-electron chi connectivity index (χ1n) is 10.0. The van der Waals surface area contributed by atoms with Crippen molar-refractivity contribution in [2.45, 2.75) is 12.5 Å². The number of rotatable bonds is 7. The number of nitrogens with two attached hydrogens (primary N) is 1. The van der Waals surface area contributed by atoms with Gasteiger partial charge in [-0.25, -0.2) is 4.79 Å². The average Bonchev–Trinajstić information content (AvgIpc) is 2.81. The third-order valence-electron chi connectivity index (χ3n) is 4.61. The summed E-state index contributed by atoms with van der Waals surface area (Å²) in [5, 5.41) is 23.7. The summed E-state index contributed by atoms with van der Waals surface area (Å²) in [7, 11) is 0. The SMILES string of the molecule is N#Cc1ccc(NC(=O)O[C@H](C/C=C/C(=O)Nc2ccccc2N)c2ccc(O)cc2)cc1. The number of nitrogens with one attached hydrogen (secondary N) is 2. The molecule has 8 nitrogen and oxygen atoms in total. The number of hydrogen-bond acceptors (Lipinski definition) is 6. The van der Waals surface area contributed by atoms with E-state index in [1.54, 1.807) is 66.7 Å². The Morgan fingerprint density at radius 2 is 1.73 bits per heavy atom. The molecular weight excluding hydrogens is 420 g/mol. The molecule has 3 aromatic rings. The van der Waals surface area contributed by atoms with Crippen molar-refractivity contribution in [3.8, 4) is 11.8 Å². The van der Waals surface area contributed by atoms with Gasteiger partial charge in [-0.3, -0.25) is 10.1 Å². The maximum Gasteiger partial charge on any atom is 0.412 e. The Bertz CT molecular complexity index is 1180. The molecule has 3 aromatic carbocycles. The second kappa shape index (κ2) is 11.0. The second-order valence-corrected chi connectivity index (χ2v) is 7.01. The van der Waals surface area contributed by atoms with Crippen molar-refractivity contribution in [1.82, 2.24) is 0 Å². The van der Waals surface area contributed by atoms with Gasteiger partial charge in [-0.2, -0.15) is 5.26 Å². The first-order chi connectivity index (χ1) is 15.9. The molecule has 166 valence electrons. The van der Waals surface area contributed by atoms with Gasteiger partial charge in [0.15, 0.2) is 0 Å². The van der Waals surface area contributed by atoms with Gasteiger partial charge < -0.3 is 20.9 Å². The van der Waals surface area contributed by atoms with Crippen LogP contribution in [0.4, 0.5) is 21.9 Å². The monoisotopic (exact) mass is 442 g/mol. The molecule has 0 bridgehead atoms. The zero-order valence-corrected chi connectivity index (χ0v) is 17.6. The van der Waals surface area contributed by atoms with Gasteiger partial charge in [0.1, 0.15) is 11.9 Å². The second-order valence-electron chi connectivity index (χ2n) is 7.01. The summed E-state index contributed by atoms with van der Waals surface area (Å²) < 4.78 is 5.56. The molecule has 1 atom stereocenters. The molecule has 5 N–H and O–H groups in total. The molecule has 0 aliphatic heterocycles. The standard InChI is InChI=1S/C25H22N4O4/c26-16-17-8-12-19(13-9-17)28-25(32)33-23(18-10-14-20(30)15-11-18)6-3-7-24(31)29-22-5-2-1-4-21(22)27/h1-5,7-15,23,30H,6,27H2,(H,28,32)(H,29,31)/b7-3+/t23-/m1/s1. The number of anilines is 3. The van der Waals surface area contributed by atoms with Crippen LogP contribution in [0.25, 0.3) is 0 Å². The predicted octanol–water partition coefficient (Wildman–Crippen LogP) is 4.72. The van der Waals surface area contributed by atoms with E-state index in [1.165, 1.54) is 18.2 Å². The van der Waals surface area contributed by atoms with Crippen molar-refractivity contribution < 1.29 is 19.4 Å². The number of nitriles is 1. The third kappa shape index (κ3) is 6.87. The molecule has 0 unspecified atom stereocenters. The Kier molecular flexibility index (Phi) is 7.65. The van der Waals surface area contributed by atoms with Crippen LogP contribution in [0.15, 0.2) is 84.9 Å². The minimum Gasteiger partial charge on any atom is -0.508 e. The maximum absolute atomic E-state index is 12.4. The lowest BCUT2D eigenvalue weighted by Gasteiger charge is -2.17. The summed E-state index contributed by atoms with van der Waals surface area (Å²) in [5.41, 5.74) is 8.36. The van der Waals surface area contributed by atoms with Crippen LogP contribution in [0.5, 0.6) is 5.75 Å². The number of carbonyl (C=O) groups is 2. The Labute approximate surface area is 190 Å². The summed E-state index contributed by atoms with van der Waals surface area (Å²) >= 11 is 0. The average molecular weight is 442 g/mol. The molecule has 0 saturated heterocycles. The third-order valence-corrected chi connectivity index (χ3v) is 4.61. The van der Waals surface area contributed by atoms with E-state index in [0.29, 0.717) is 28.2 Å². The summed E-state index contributed by atoms with van der Waals surface area (Å²) in [6, 6.07) is 21.5. The number of phenols is 1. The number of amides is 2.